The van der Waals surface area contributed by atoms with Gasteiger partial charge in [0.15, 0.2) is 5.69 Å². The van der Waals surface area contributed by atoms with Crippen LogP contribution in [0.25, 0.3) is 5.69 Å². The van der Waals surface area contributed by atoms with Crippen molar-refractivity contribution >= 4 is 23.4 Å². The van der Waals surface area contributed by atoms with Gasteiger partial charge < -0.3 is 10.6 Å². The van der Waals surface area contributed by atoms with E-state index in [2.05, 4.69) is 20.9 Å². The van der Waals surface area contributed by atoms with Gasteiger partial charge in [-0.1, -0.05) is 35.0 Å². The van der Waals surface area contributed by atoms with Crippen molar-refractivity contribution < 1.29 is 9.59 Å². The van der Waals surface area contributed by atoms with Crippen LogP contribution in [0.3, 0.4) is 0 Å². The average molecular weight is 410 g/mol. The molecular formula is C21H20ClN5O2. The van der Waals surface area contributed by atoms with Gasteiger partial charge >= 0.3 is 0 Å². The molecule has 1 aromatic heterocycles. The van der Waals surface area contributed by atoms with Crippen LogP contribution in [-0.4, -0.2) is 32.9 Å². The maximum absolute atomic E-state index is 12.5. The van der Waals surface area contributed by atoms with Crippen molar-refractivity contribution in [1.29, 1.82) is 0 Å². The second kappa shape index (κ2) is 8.05. The Bertz CT molecular complexity index is 1060. The first-order valence-corrected chi connectivity index (χ1v) is 9.75. The van der Waals surface area contributed by atoms with Crippen molar-refractivity contribution in [2.45, 2.75) is 32.4 Å². The summed E-state index contributed by atoms with van der Waals surface area (Å²) in [5.41, 5.74) is 3.12. The summed E-state index contributed by atoms with van der Waals surface area (Å²) in [7, 11) is 0. The molecule has 0 aliphatic heterocycles. The SMILES string of the molecule is Cc1c(C(=O)NCc2ccc(C(=O)NC3CC3)cc2)nnn1-c1cccc(Cl)c1. The largest absolute Gasteiger partial charge is 0.349 e. The third-order valence-electron chi connectivity index (χ3n) is 4.74. The lowest BCUT2D eigenvalue weighted by Gasteiger charge is -2.07. The normalized spacial score (nSPS) is 13.2. The van der Waals surface area contributed by atoms with Crippen LogP contribution in [0.2, 0.25) is 5.02 Å². The van der Waals surface area contributed by atoms with Gasteiger partial charge in [0, 0.05) is 23.2 Å². The quantitative estimate of drug-likeness (QED) is 0.654. The fraction of sp³-hybridized carbons (Fsp3) is 0.238. The molecule has 0 spiro atoms. The standard InChI is InChI=1S/C21H20ClN5O2/c1-13-19(25-26-27(13)18-4-2-3-16(22)11-18)21(29)23-12-14-5-7-15(8-6-14)20(28)24-17-9-10-17/h2-8,11,17H,9-10,12H2,1H3,(H,23,29)(H,24,28). The smallest absolute Gasteiger partial charge is 0.274 e. The minimum absolute atomic E-state index is 0.0589. The van der Waals surface area contributed by atoms with E-state index in [9.17, 15) is 9.59 Å². The second-order valence-electron chi connectivity index (χ2n) is 7.04. The van der Waals surface area contributed by atoms with E-state index >= 15 is 0 Å². The number of nitrogens with one attached hydrogen (secondary N) is 2. The lowest BCUT2D eigenvalue weighted by atomic mass is 10.1. The number of halogens is 1. The van der Waals surface area contributed by atoms with Gasteiger partial charge in [0.25, 0.3) is 11.8 Å². The molecule has 148 valence electrons. The number of rotatable bonds is 6. The molecule has 8 heteroatoms. The molecule has 0 bridgehead atoms. The molecule has 0 unspecified atom stereocenters. The number of hydrogen-bond acceptors (Lipinski definition) is 4. The van der Waals surface area contributed by atoms with Crippen LogP contribution in [-0.2, 0) is 6.54 Å². The van der Waals surface area contributed by atoms with Gasteiger partial charge in [0.05, 0.1) is 11.4 Å². The Morgan fingerprint density at radius 3 is 2.59 bits per heavy atom. The van der Waals surface area contributed by atoms with Crippen LogP contribution in [0.5, 0.6) is 0 Å². The van der Waals surface area contributed by atoms with Crippen LogP contribution in [0.4, 0.5) is 0 Å². The summed E-state index contributed by atoms with van der Waals surface area (Å²) in [4.78, 5) is 24.6. The zero-order chi connectivity index (χ0) is 20.4. The van der Waals surface area contributed by atoms with Crippen molar-refractivity contribution in [2.24, 2.45) is 0 Å². The molecule has 1 fully saturated rings. The first-order valence-electron chi connectivity index (χ1n) is 9.37. The molecule has 2 N–H and O–H groups in total. The van der Waals surface area contributed by atoms with Gasteiger partial charge in [-0.05, 0) is 55.7 Å². The maximum atomic E-state index is 12.5. The van der Waals surface area contributed by atoms with Gasteiger partial charge in [-0.2, -0.15) is 0 Å². The molecule has 0 saturated heterocycles. The molecule has 2 amide bonds. The van der Waals surface area contributed by atoms with Crippen LogP contribution in [0.1, 0.15) is 44.9 Å². The molecule has 1 aliphatic rings. The van der Waals surface area contributed by atoms with E-state index in [-0.39, 0.29) is 17.5 Å². The van der Waals surface area contributed by atoms with Crippen molar-refractivity contribution in [1.82, 2.24) is 25.6 Å². The van der Waals surface area contributed by atoms with Crippen molar-refractivity contribution in [3.8, 4) is 5.69 Å². The van der Waals surface area contributed by atoms with Crippen LogP contribution >= 0.6 is 11.6 Å². The number of benzene rings is 2. The Balaban J connectivity index is 1.39. The Labute approximate surface area is 173 Å². The maximum Gasteiger partial charge on any atom is 0.274 e. The summed E-state index contributed by atoms with van der Waals surface area (Å²) in [6.45, 7) is 2.11. The van der Waals surface area contributed by atoms with Gasteiger partial charge in [-0.15, -0.1) is 5.10 Å². The number of carbonyl (C=O) groups is 2. The van der Waals surface area contributed by atoms with Crippen LogP contribution in [0, 0.1) is 6.92 Å². The molecule has 1 heterocycles. The number of nitrogens with zero attached hydrogens (tertiary/aromatic N) is 3. The van der Waals surface area contributed by atoms with Gasteiger partial charge in [-0.25, -0.2) is 4.68 Å². The molecule has 29 heavy (non-hydrogen) atoms. The Morgan fingerprint density at radius 2 is 1.90 bits per heavy atom. The minimum Gasteiger partial charge on any atom is -0.349 e. The summed E-state index contributed by atoms with van der Waals surface area (Å²) >= 11 is 6.03. The van der Waals surface area contributed by atoms with E-state index < -0.39 is 0 Å². The molecule has 4 rings (SSSR count). The van der Waals surface area contributed by atoms with Crippen molar-refractivity contribution in [2.75, 3.05) is 0 Å². The van der Waals surface area contributed by atoms with Gasteiger partial charge in [0.1, 0.15) is 0 Å². The summed E-state index contributed by atoms with van der Waals surface area (Å²) in [5, 5.41) is 14.5. The van der Waals surface area contributed by atoms with Crippen LogP contribution in [0.15, 0.2) is 48.5 Å². The number of hydrogen-bond donors (Lipinski definition) is 2. The van der Waals surface area contributed by atoms with E-state index in [4.69, 9.17) is 11.6 Å². The second-order valence-corrected chi connectivity index (χ2v) is 7.48. The summed E-state index contributed by atoms with van der Waals surface area (Å²) in [6.07, 6.45) is 2.11. The number of aromatic nitrogens is 3. The fourth-order valence-electron chi connectivity index (χ4n) is 2.93. The number of amides is 2. The Kier molecular flexibility index (Phi) is 5.31. The predicted octanol–water partition coefficient (Wildman–Crippen LogP) is 3.05. The zero-order valence-electron chi connectivity index (χ0n) is 15.9. The first-order chi connectivity index (χ1) is 14.0. The highest BCUT2D eigenvalue weighted by atomic mass is 35.5. The molecule has 3 aromatic rings. The summed E-state index contributed by atoms with van der Waals surface area (Å²) in [5.74, 6) is -0.373. The summed E-state index contributed by atoms with van der Waals surface area (Å²) < 4.78 is 1.58. The van der Waals surface area contributed by atoms with Gasteiger partial charge in [0.2, 0.25) is 0 Å². The lowest BCUT2D eigenvalue weighted by Crippen LogP contribution is -2.26. The molecule has 2 aromatic carbocycles. The highest BCUT2D eigenvalue weighted by molar-refractivity contribution is 6.30. The molecule has 0 atom stereocenters. The topological polar surface area (TPSA) is 88.9 Å². The third-order valence-corrected chi connectivity index (χ3v) is 4.98. The van der Waals surface area contributed by atoms with E-state index in [1.165, 1.54) is 0 Å². The van der Waals surface area contributed by atoms with E-state index in [1.54, 1.807) is 35.9 Å². The molecule has 1 saturated carbocycles. The Morgan fingerprint density at radius 1 is 1.14 bits per heavy atom. The molecule has 0 radical (unpaired) electrons. The van der Waals surface area contributed by atoms with E-state index in [1.807, 2.05) is 24.3 Å². The zero-order valence-corrected chi connectivity index (χ0v) is 16.6. The van der Waals surface area contributed by atoms with E-state index in [0.717, 1.165) is 24.1 Å². The van der Waals surface area contributed by atoms with Crippen molar-refractivity contribution in [3.63, 3.8) is 0 Å². The monoisotopic (exact) mass is 409 g/mol. The van der Waals surface area contributed by atoms with Crippen molar-refractivity contribution in [3.05, 3.63) is 76.1 Å². The lowest BCUT2D eigenvalue weighted by molar-refractivity contribution is 0.0938. The predicted molar refractivity (Wildman–Crippen MR) is 109 cm³/mol. The third kappa shape index (κ3) is 4.46. The average Bonchev–Trinajstić information content (AvgIpc) is 3.45. The first kappa shape index (κ1) is 19.1. The molecule has 1 aliphatic carbocycles. The number of carbonyl (C=O) groups excluding carboxylic acids is 2. The van der Waals surface area contributed by atoms with E-state index in [0.29, 0.717) is 28.9 Å². The molecular weight excluding hydrogens is 390 g/mol. The van der Waals surface area contributed by atoms with Gasteiger partial charge in [-0.3, -0.25) is 9.59 Å². The Hall–Kier alpha value is -3.19. The fourth-order valence-corrected chi connectivity index (χ4v) is 3.11. The minimum atomic E-state index is -0.314. The molecule has 7 nitrogen and oxygen atoms in total. The van der Waals surface area contributed by atoms with Crippen LogP contribution < -0.4 is 10.6 Å². The highest BCUT2D eigenvalue weighted by Gasteiger charge is 2.23. The summed E-state index contributed by atoms with van der Waals surface area (Å²) in [6, 6.07) is 14.7. The highest BCUT2D eigenvalue weighted by Crippen LogP contribution is 2.19.